The Bertz CT molecular complexity index is 479. The lowest BCUT2D eigenvalue weighted by molar-refractivity contribution is 0.551. The number of nitriles is 1. The maximum Gasteiger partial charge on any atom is 0.146 e. The van der Waals surface area contributed by atoms with E-state index >= 15 is 0 Å². The fraction of sp³-hybridized carbons (Fsp3) is 0.588. The van der Waals surface area contributed by atoms with Gasteiger partial charge in [0.15, 0.2) is 0 Å². The second-order valence-electron chi connectivity index (χ2n) is 5.55. The number of hydrogen-bond donors (Lipinski definition) is 1. The second kappa shape index (κ2) is 8.63. The molecule has 0 heterocycles. The van der Waals surface area contributed by atoms with Crippen molar-refractivity contribution >= 4 is 5.69 Å². The molecule has 21 heavy (non-hydrogen) atoms. The Morgan fingerprint density at radius 3 is 2.62 bits per heavy atom. The van der Waals surface area contributed by atoms with Crippen LogP contribution < -0.4 is 10.2 Å². The zero-order valence-corrected chi connectivity index (χ0v) is 13.5. The molecular formula is C17H26FN3. The van der Waals surface area contributed by atoms with Crippen molar-refractivity contribution in [2.24, 2.45) is 0 Å². The van der Waals surface area contributed by atoms with E-state index in [1.54, 1.807) is 6.07 Å². The van der Waals surface area contributed by atoms with Crippen LogP contribution in [0.1, 0.15) is 52.1 Å². The highest BCUT2D eigenvalue weighted by molar-refractivity contribution is 5.57. The molecule has 0 fully saturated rings. The minimum Gasteiger partial charge on any atom is -0.365 e. The molecule has 0 aromatic heterocycles. The van der Waals surface area contributed by atoms with E-state index in [0.717, 1.165) is 18.5 Å². The quantitative estimate of drug-likeness (QED) is 0.786. The van der Waals surface area contributed by atoms with Crippen molar-refractivity contribution in [3.8, 4) is 6.07 Å². The first kappa shape index (κ1) is 17.5. The predicted octanol–water partition coefficient (Wildman–Crippen LogP) is 4.01. The number of hydrogen-bond acceptors (Lipinski definition) is 3. The van der Waals surface area contributed by atoms with Gasteiger partial charge in [-0.3, -0.25) is 0 Å². The number of rotatable bonds is 8. The van der Waals surface area contributed by atoms with E-state index in [-0.39, 0.29) is 17.9 Å². The highest BCUT2D eigenvalue weighted by Gasteiger charge is 2.21. The number of halogens is 1. The Balaban J connectivity index is 3.15. The Morgan fingerprint density at radius 2 is 2.05 bits per heavy atom. The van der Waals surface area contributed by atoms with Gasteiger partial charge in [-0.1, -0.05) is 19.1 Å². The average molecular weight is 291 g/mol. The number of nitrogens with one attached hydrogen (secondary N) is 1. The third kappa shape index (κ3) is 4.71. The van der Waals surface area contributed by atoms with Gasteiger partial charge in [0.05, 0.1) is 18.2 Å². The molecule has 0 radical (unpaired) electrons. The summed E-state index contributed by atoms with van der Waals surface area (Å²) in [6.07, 6.45) is 1.43. The molecule has 0 saturated carbocycles. The van der Waals surface area contributed by atoms with Crippen LogP contribution in [0.3, 0.4) is 0 Å². The number of para-hydroxylation sites is 1. The molecule has 0 saturated heterocycles. The Morgan fingerprint density at radius 1 is 1.33 bits per heavy atom. The summed E-state index contributed by atoms with van der Waals surface area (Å²) >= 11 is 0. The third-order valence-corrected chi connectivity index (χ3v) is 3.56. The molecule has 116 valence electrons. The van der Waals surface area contributed by atoms with Gasteiger partial charge in [0, 0.05) is 18.6 Å². The molecule has 0 spiro atoms. The van der Waals surface area contributed by atoms with E-state index in [4.69, 9.17) is 5.26 Å². The second-order valence-corrected chi connectivity index (χ2v) is 5.55. The largest absolute Gasteiger partial charge is 0.365 e. The Hall–Kier alpha value is -1.60. The molecule has 1 unspecified atom stereocenters. The first-order valence-corrected chi connectivity index (χ1v) is 7.68. The number of anilines is 1. The van der Waals surface area contributed by atoms with Gasteiger partial charge < -0.3 is 10.2 Å². The standard InChI is InChI=1S/C17H26FN3/c1-5-11-20-14(4)15-8-6-9-16(18)17(15)21(13(2)3)12-7-10-19/h6,8-9,13-14,20H,5,7,11-12H2,1-4H3. The summed E-state index contributed by atoms with van der Waals surface area (Å²) in [6.45, 7) is 9.66. The van der Waals surface area contributed by atoms with Gasteiger partial charge in [-0.05, 0) is 45.4 Å². The van der Waals surface area contributed by atoms with Gasteiger partial charge in [-0.2, -0.15) is 5.26 Å². The molecule has 1 atom stereocenters. The van der Waals surface area contributed by atoms with Crippen molar-refractivity contribution in [3.05, 3.63) is 29.6 Å². The lowest BCUT2D eigenvalue weighted by atomic mass is 10.0. The first-order chi connectivity index (χ1) is 10.0. The summed E-state index contributed by atoms with van der Waals surface area (Å²) in [5.41, 5.74) is 1.58. The minimum absolute atomic E-state index is 0.0824. The molecule has 4 heteroatoms. The topological polar surface area (TPSA) is 39.1 Å². The first-order valence-electron chi connectivity index (χ1n) is 7.68. The van der Waals surface area contributed by atoms with E-state index in [1.807, 2.05) is 24.8 Å². The predicted molar refractivity (Wildman–Crippen MR) is 85.8 cm³/mol. The van der Waals surface area contributed by atoms with Gasteiger partial charge in [-0.25, -0.2) is 4.39 Å². The van der Waals surface area contributed by atoms with E-state index in [2.05, 4.69) is 25.2 Å². The molecule has 1 rings (SSSR count). The summed E-state index contributed by atoms with van der Waals surface area (Å²) in [5.74, 6) is -0.218. The normalized spacial score (nSPS) is 12.2. The molecule has 3 nitrogen and oxygen atoms in total. The van der Waals surface area contributed by atoms with Crippen molar-refractivity contribution < 1.29 is 4.39 Å². The van der Waals surface area contributed by atoms with Gasteiger partial charge in [-0.15, -0.1) is 0 Å². The zero-order valence-electron chi connectivity index (χ0n) is 13.5. The van der Waals surface area contributed by atoms with E-state index in [1.165, 1.54) is 6.07 Å². The molecule has 0 aliphatic rings. The van der Waals surface area contributed by atoms with Crippen molar-refractivity contribution in [1.29, 1.82) is 5.26 Å². The van der Waals surface area contributed by atoms with Crippen molar-refractivity contribution in [1.82, 2.24) is 5.32 Å². The Labute approximate surface area is 127 Å². The van der Waals surface area contributed by atoms with E-state index in [9.17, 15) is 4.39 Å². The fourth-order valence-electron chi connectivity index (χ4n) is 2.45. The van der Waals surface area contributed by atoms with Gasteiger partial charge >= 0.3 is 0 Å². The minimum atomic E-state index is -0.218. The number of nitrogens with zero attached hydrogens (tertiary/aromatic N) is 2. The summed E-state index contributed by atoms with van der Waals surface area (Å²) in [4.78, 5) is 1.98. The maximum atomic E-state index is 14.4. The molecule has 0 bridgehead atoms. The van der Waals surface area contributed by atoms with Crippen molar-refractivity contribution in [3.63, 3.8) is 0 Å². The maximum absolute atomic E-state index is 14.4. The Kier molecular flexibility index (Phi) is 7.18. The molecule has 0 aliphatic heterocycles. The third-order valence-electron chi connectivity index (χ3n) is 3.56. The van der Waals surface area contributed by atoms with Crippen LogP contribution in [-0.4, -0.2) is 19.1 Å². The lowest BCUT2D eigenvalue weighted by Gasteiger charge is -2.32. The monoisotopic (exact) mass is 291 g/mol. The molecule has 0 aliphatic carbocycles. The smallest absolute Gasteiger partial charge is 0.146 e. The summed E-state index contributed by atoms with van der Waals surface area (Å²) in [7, 11) is 0. The average Bonchev–Trinajstić information content (AvgIpc) is 2.46. The van der Waals surface area contributed by atoms with Crippen LogP contribution in [0.2, 0.25) is 0 Å². The van der Waals surface area contributed by atoms with Crippen LogP contribution in [0.5, 0.6) is 0 Å². The highest BCUT2D eigenvalue weighted by atomic mass is 19.1. The fourth-order valence-corrected chi connectivity index (χ4v) is 2.45. The van der Waals surface area contributed by atoms with Crippen molar-refractivity contribution in [2.75, 3.05) is 18.0 Å². The molecule has 0 amide bonds. The summed E-state index contributed by atoms with van der Waals surface area (Å²) in [6, 6.07) is 7.58. The van der Waals surface area contributed by atoms with Crippen LogP contribution in [0.15, 0.2) is 18.2 Å². The molecule has 1 aromatic rings. The summed E-state index contributed by atoms with van der Waals surface area (Å²) in [5, 5.41) is 12.2. The molecular weight excluding hydrogens is 265 g/mol. The van der Waals surface area contributed by atoms with Crippen LogP contribution >= 0.6 is 0 Å². The SMILES string of the molecule is CCCNC(C)c1cccc(F)c1N(CCC#N)C(C)C. The van der Waals surface area contributed by atoms with Crippen LogP contribution in [0, 0.1) is 17.1 Å². The van der Waals surface area contributed by atoms with E-state index < -0.39 is 0 Å². The zero-order chi connectivity index (χ0) is 15.8. The molecule has 1 aromatic carbocycles. The van der Waals surface area contributed by atoms with Crippen LogP contribution in [0.4, 0.5) is 10.1 Å². The van der Waals surface area contributed by atoms with E-state index in [0.29, 0.717) is 18.7 Å². The van der Waals surface area contributed by atoms with Crippen molar-refractivity contribution in [2.45, 2.75) is 52.6 Å². The number of benzene rings is 1. The lowest BCUT2D eigenvalue weighted by Crippen LogP contribution is -2.34. The van der Waals surface area contributed by atoms with Crippen LogP contribution in [-0.2, 0) is 0 Å². The van der Waals surface area contributed by atoms with Gasteiger partial charge in [0.25, 0.3) is 0 Å². The van der Waals surface area contributed by atoms with Gasteiger partial charge in [0.1, 0.15) is 5.82 Å². The summed E-state index contributed by atoms with van der Waals surface area (Å²) < 4.78 is 14.4. The van der Waals surface area contributed by atoms with Gasteiger partial charge in [0.2, 0.25) is 0 Å². The molecule has 1 N–H and O–H groups in total. The highest BCUT2D eigenvalue weighted by Crippen LogP contribution is 2.31. The van der Waals surface area contributed by atoms with Crippen LogP contribution in [0.25, 0.3) is 0 Å².